The highest BCUT2D eigenvalue weighted by Gasteiger charge is 2.40. The number of anilines is 3. The first-order valence-corrected chi connectivity index (χ1v) is 11.9. The molecule has 0 bridgehead atoms. The fourth-order valence-electron chi connectivity index (χ4n) is 5.43. The molecule has 184 valence electrons. The zero-order valence-corrected chi connectivity index (χ0v) is 19.3. The highest BCUT2D eigenvalue weighted by molar-refractivity contribution is 6.28. The number of carbonyl (C=O) groups excluding carboxylic acids is 3. The Kier molecular flexibility index (Phi) is 5.13. The molecule has 1 unspecified atom stereocenters. The van der Waals surface area contributed by atoms with Gasteiger partial charge < -0.3 is 15.3 Å². The van der Waals surface area contributed by atoms with Crippen molar-refractivity contribution in [2.24, 2.45) is 0 Å². The molecule has 2 aromatic carbocycles. The molecule has 2 fully saturated rings. The number of piperidine rings is 2. The summed E-state index contributed by atoms with van der Waals surface area (Å²) in [7, 11) is 0. The summed E-state index contributed by atoms with van der Waals surface area (Å²) in [6, 6.07) is 8.61. The number of hydrogen-bond donors (Lipinski definition) is 3. The van der Waals surface area contributed by atoms with Gasteiger partial charge in [-0.25, -0.2) is 4.79 Å². The number of hydrogen-bond acceptors (Lipinski definition) is 6. The van der Waals surface area contributed by atoms with Crippen molar-refractivity contribution < 1.29 is 24.3 Å². The van der Waals surface area contributed by atoms with Gasteiger partial charge in [0.05, 0.1) is 23.6 Å². The molecule has 11 nitrogen and oxygen atoms in total. The van der Waals surface area contributed by atoms with Gasteiger partial charge in [0.2, 0.25) is 11.8 Å². The normalized spacial score (nSPS) is 20.2. The van der Waals surface area contributed by atoms with Gasteiger partial charge >= 0.3 is 6.09 Å². The molecule has 3 N–H and O–H groups in total. The fourth-order valence-corrected chi connectivity index (χ4v) is 5.43. The van der Waals surface area contributed by atoms with Crippen LogP contribution in [0.5, 0.6) is 0 Å². The molecule has 2 saturated heterocycles. The van der Waals surface area contributed by atoms with E-state index in [0.29, 0.717) is 37.2 Å². The van der Waals surface area contributed by atoms with Gasteiger partial charge in [-0.1, -0.05) is 12.1 Å². The first-order valence-electron chi connectivity index (χ1n) is 11.9. The maximum atomic E-state index is 13.3. The zero-order valence-electron chi connectivity index (χ0n) is 19.3. The van der Waals surface area contributed by atoms with Crippen LogP contribution in [0.1, 0.15) is 42.1 Å². The van der Waals surface area contributed by atoms with E-state index in [1.807, 2.05) is 35.1 Å². The summed E-state index contributed by atoms with van der Waals surface area (Å²) in [5.74, 6) is -1.02. The van der Waals surface area contributed by atoms with Gasteiger partial charge in [0.25, 0.3) is 5.91 Å². The number of nitrogens with one attached hydrogen (secondary N) is 2. The van der Waals surface area contributed by atoms with Gasteiger partial charge in [-0.15, -0.1) is 0 Å². The van der Waals surface area contributed by atoms with Crippen molar-refractivity contribution in [3.63, 3.8) is 0 Å². The second-order valence-corrected chi connectivity index (χ2v) is 9.34. The average Bonchev–Trinajstić information content (AvgIpc) is 3.45. The molecule has 3 aromatic rings. The van der Waals surface area contributed by atoms with E-state index < -0.39 is 18.0 Å². The third-order valence-corrected chi connectivity index (χ3v) is 7.24. The molecule has 4 heterocycles. The molecule has 1 atom stereocenters. The lowest BCUT2D eigenvalue weighted by atomic mass is 10.0. The number of rotatable bonds is 4. The van der Waals surface area contributed by atoms with E-state index >= 15 is 0 Å². The molecule has 36 heavy (non-hydrogen) atoms. The van der Waals surface area contributed by atoms with Gasteiger partial charge in [0.1, 0.15) is 6.04 Å². The topological polar surface area (TPSA) is 137 Å². The second-order valence-electron chi connectivity index (χ2n) is 9.34. The Bertz CT molecular complexity index is 1420. The molecule has 4 amide bonds. The monoisotopic (exact) mass is 488 g/mol. The molecule has 0 spiro atoms. The first-order chi connectivity index (χ1) is 17.4. The van der Waals surface area contributed by atoms with Crippen molar-refractivity contribution in [3.8, 4) is 0 Å². The second kappa shape index (κ2) is 8.36. The third-order valence-electron chi connectivity index (χ3n) is 7.24. The average molecular weight is 489 g/mol. The Morgan fingerprint density at radius 1 is 1.08 bits per heavy atom. The molecular formula is C25H24N6O5. The van der Waals surface area contributed by atoms with Crippen molar-refractivity contribution in [2.45, 2.75) is 37.8 Å². The van der Waals surface area contributed by atoms with Crippen LogP contribution in [0.2, 0.25) is 0 Å². The van der Waals surface area contributed by atoms with Crippen LogP contribution >= 0.6 is 0 Å². The van der Waals surface area contributed by atoms with Crippen LogP contribution in [0, 0.1) is 0 Å². The van der Waals surface area contributed by atoms with Gasteiger partial charge in [-0.2, -0.15) is 5.10 Å². The van der Waals surface area contributed by atoms with E-state index in [-0.39, 0.29) is 30.7 Å². The molecule has 1 aromatic heterocycles. The van der Waals surface area contributed by atoms with Crippen LogP contribution in [0.3, 0.4) is 0 Å². The predicted molar refractivity (Wildman–Crippen MR) is 130 cm³/mol. The van der Waals surface area contributed by atoms with Crippen LogP contribution in [0.15, 0.2) is 42.7 Å². The predicted octanol–water partition coefficient (Wildman–Crippen LogP) is 2.86. The molecule has 0 radical (unpaired) electrons. The summed E-state index contributed by atoms with van der Waals surface area (Å²) in [5.41, 5.74) is 2.76. The minimum Gasteiger partial charge on any atom is -0.465 e. The minimum absolute atomic E-state index is 0.128. The summed E-state index contributed by atoms with van der Waals surface area (Å²) >= 11 is 0. The number of amides is 4. The van der Waals surface area contributed by atoms with Crippen molar-refractivity contribution in [1.29, 1.82) is 0 Å². The van der Waals surface area contributed by atoms with E-state index in [1.54, 1.807) is 12.3 Å². The molecular weight excluding hydrogens is 464 g/mol. The highest BCUT2D eigenvalue weighted by Crippen LogP contribution is 2.43. The molecule has 11 heteroatoms. The lowest BCUT2D eigenvalue weighted by Crippen LogP contribution is -2.53. The van der Waals surface area contributed by atoms with Crippen molar-refractivity contribution in [2.75, 3.05) is 23.3 Å². The number of carbonyl (C=O) groups is 4. The van der Waals surface area contributed by atoms with Gasteiger partial charge in [0.15, 0.2) is 0 Å². The summed E-state index contributed by atoms with van der Waals surface area (Å²) in [6.45, 7) is 0.963. The van der Waals surface area contributed by atoms with E-state index in [9.17, 15) is 19.2 Å². The lowest BCUT2D eigenvalue weighted by molar-refractivity contribution is -0.134. The number of carboxylic acid groups (broad SMARTS) is 1. The Labute approximate surface area is 205 Å². The highest BCUT2D eigenvalue weighted by atomic mass is 16.4. The van der Waals surface area contributed by atoms with Crippen molar-refractivity contribution in [1.82, 2.24) is 20.0 Å². The van der Waals surface area contributed by atoms with Crippen LogP contribution < -0.4 is 15.5 Å². The van der Waals surface area contributed by atoms with Gasteiger partial charge in [-0.3, -0.25) is 29.3 Å². The van der Waals surface area contributed by atoms with Crippen LogP contribution in [-0.4, -0.2) is 62.7 Å². The maximum absolute atomic E-state index is 13.3. The zero-order chi connectivity index (χ0) is 25.0. The molecule has 6 rings (SSSR count). The van der Waals surface area contributed by atoms with Crippen LogP contribution in [0.4, 0.5) is 21.9 Å². The van der Waals surface area contributed by atoms with E-state index in [1.165, 1.54) is 9.80 Å². The Hall–Kier alpha value is -4.41. The van der Waals surface area contributed by atoms with Crippen LogP contribution in [0.25, 0.3) is 10.8 Å². The Morgan fingerprint density at radius 3 is 2.64 bits per heavy atom. The van der Waals surface area contributed by atoms with Crippen molar-refractivity contribution in [3.05, 3.63) is 48.3 Å². The van der Waals surface area contributed by atoms with Crippen LogP contribution in [-0.2, 0) is 9.59 Å². The summed E-state index contributed by atoms with van der Waals surface area (Å²) in [4.78, 5) is 51.5. The molecule has 0 aliphatic carbocycles. The van der Waals surface area contributed by atoms with Crippen molar-refractivity contribution >= 4 is 51.6 Å². The molecule has 3 aliphatic rings. The Balaban J connectivity index is 1.27. The number of benzene rings is 2. The summed E-state index contributed by atoms with van der Waals surface area (Å²) in [6.07, 6.45) is 4.63. The third kappa shape index (κ3) is 3.55. The minimum atomic E-state index is -0.891. The SMILES string of the molecule is O=C1CCC(N2C(=O)c3cccc4c(Nc5cnn(C6CCN(C(=O)O)CC6)c5)ccc2c34)C(=O)N1. The standard InChI is InChI=1S/C25H24N6O5/c32-21-7-6-20(23(33)28-21)31-19-5-4-18(16-2-1-3-17(22(16)19)24(31)34)27-14-12-26-30(13-14)15-8-10-29(11-9-15)25(35)36/h1-5,12-13,15,20,27H,6-11H2,(H,35,36)(H,28,32,33). The molecule has 0 saturated carbocycles. The number of likely N-dealkylation sites (tertiary alicyclic amines) is 1. The van der Waals surface area contributed by atoms with E-state index in [2.05, 4.69) is 15.7 Å². The summed E-state index contributed by atoms with van der Waals surface area (Å²) < 4.78 is 1.87. The smallest absolute Gasteiger partial charge is 0.407 e. The van der Waals surface area contributed by atoms with Gasteiger partial charge in [0, 0.05) is 47.7 Å². The lowest BCUT2D eigenvalue weighted by Gasteiger charge is -2.30. The fraction of sp³-hybridized carbons (Fsp3) is 0.320. The van der Waals surface area contributed by atoms with E-state index in [4.69, 9.17) is 5.11 Å². The van der Waals surface area contributed by atoms with E-state index in [0.717, 1.165) is 22.1 Å². The quantitative estimate of drug-likeness (QED) is 0.480. The summed E-state index contributed by atoms with van der Waals surface area (Å²) in [5, 5.41) is 21.0. The number of aromatic nitrogens is 2. The number of imide groups is 1. The Morgan fingerprint density at radius 2 is 1.89 bits per heavy atom. The first kappa shape index (κ1) is 22.1. The maximum Gasteiger partial charge on any atom is 0.407 e. The molecule has 3 aliphatic heterocycles. The number of nitrogens with zero attached hydrogens (tertiary/aromatic N) is 4. The largest absolute Gasteiger partial charge is 0.465 e. The van der Waals surface area contributed by atoms with Gasteiger partial charge in [-0.05, 0) is 37.5 Å².